The number of nitrogens with one attached hydrogen (secondary N) is 1. The minimum atomic E-state index is -0.234. The molecule has 0 atom stereocenters. The highest BCUT2D eigenvalue weighted by molar-refractivity contribution is 9.10. The Morgan fingerprint density at radius 1 is 0.960 bits per heavy atom. The number of hydrogen-bond acceptors (Lipinski definition) is 5. The molecule has 7 heteroatoms. The summed E-state index contributed by atoms with van der Waals surface area (Å²) in [4.78, 5) is 12.3. The number of carbonyl (C=O) groups excluding carboxylic acids is 1. The monoisotopic (exact) mass is 409 g/mol. The molecule has 2 aromatic carbocycles. The van der Waals surface area contributed by atoms with Crippen molar-refractivity contribution in [2.75, 3.05) is 34.5 Å². The Hall–Kier alpha value is -2.41. The number of amides is 1. The van der Waals surface area contributed by atoms with E-state index in [4.69, 9.17) is 18.9 Å². The molecule has 0 fully saturated rings. The second kappa shape index (κ2) is 9.17. The van der Waals surface area contributed by atoms with Crippen molar-refractivity contribution in [1.29, 1.82) is 0 Å². The predicted octanol–water partition coefficient (Wildman–Crippen LogP) is 3.28. The van der Waals surface area contributed by atoms with Gasteiger partial charge >= 0.3 is 0 Å². The first-order chi connectivity index (χ1) is 12.1. The van der Waals surface area contributed by atoms with Gasteiger partial charge in [0, 0.05) is 5.56 Å². The summed E-state index contributed by atoms with van der Waals surface area (Å²) in [5.41, 5.74) is 0.446. The number of rotatable bonds is 8. The van der Waals surface area contributed by atoms with Gasteiger partial charge in [-0.05, 0) is 52.3 Å². The lowest BCUT2D eigenvalue weighted by molar-refractivity contribution is 0.0946. The van der Waals surface area contributed by atoms with Crippen LogP contribution in [0.2, 0.25) is 0 Å². The molecule has 25 heavy (non-hydrogen) atoms. The van der Waals surface area contributed by atoms with Gasteiger partial charge < -0.3 is 24.3 Å². The summed E-state index contributed by atoms with van der Waals surface area (Å²) < 4.78 is 21.8. The average molecular weight is 410 g/mol. The molecule has 0 aliphatic heterocycles. The molecule has 0 unspecified atom stereocenters. The lowest BCUT2D eigenvalue weighted by Gasteiger charge is -2.12. The molecule has 1 amide bonds. The van der Waals surface area contributed by atoms with Gasteiger partial charge in [0.25, 0.3) is 5.91 Å². The van der Waals surface area contributed by atoms with Gasteiger partial charge in [-0.3, -0.25) is 4.79 Å². The van der Waals surface area contributed by atoms with E-state index in [1.165, 1.54) is 14.2 Å². The number of benzene rings is 2. The number of carbonyl (C=O) groups is 1. The van der Waals surface area contributed by atoms with E-state index in [2.05, 4.69) is 21.2 Å². The molecule has 1 N–H and O–H groups in total. The number of ether oxygens (including phenoxy) is 4. The summed E-state index contributed by atoms with van der Waals surface area (Å²) in [7, 11) is 4.67. The summed E-state index contributed by atoms with van der Waals surface area (Å²) in [6, 6.07) is 10.5. The van der Waals surface area contributed by atoms with E-state index in [1.807, 2.05) is 24.3 Å². The van der Waals surface area contributed by atoms with E-state index < -0.39 is 0 Å². The maximum atomic E-state index is 12.3. The summed E-state index contributed by atoms with van der Waals surface area (Å²) in [6.07, 6.45) is 0. The normalized spacial score (nSPS) is 10.1. The van der Waals surface area contributed by atoms with Crippen molar-refractivity contribution in [3.63, 3.8) is 0 Å². The fraction of sp³-hybridized carbons (Fsp3) is 0.278. The first-order valence-electron chi connectivity index (χ1n) is 7.55. The molecule has 0 radical (unpaired) electrons. The van der Waals surface area contributed by atoms with Crippen LogP contribution in [-0.2, 0) is 0 Å². The van der Waals surface area contributed by atoms with Crippen LogP contribution >= 0.6 is 15.9 Å². The van der Waals surface area contributed by atoms with Gasteiger partial charge in [-0.25, -0.2) is 0 Å². The Morgan fingerprint density at radius 2 is 1.52 bits per heavy atom. The first-order valence-corrected chi connectivity index (χ1v) is 8.35. The summed E-state index contributed by atoms with van der Waals surface area (Å²) in [5, 5.41) is 2.80. The second-order valence-corrected chi connectivity index (χ2v) is 5.77. The van der Waals surface area contributed by atoms with Crippen LogP contribution in [0.3, 0.4) is 0 Å². The number of halogens is 1. The Balaban J connectivity index is 1.89. The maximum absolute atomic E-state index is 12.3. The molecular formula is C18H20BrNO5. The Morgan fingerprint density at radius 3 is 2.04 bits per heavy atom. The summed E-state index contributed by atoms with van der Waals surface area (Å²) in [6.45, 7) is 0.717. The molecule has 2 rings (SSSR count). The fourth-order valence-electron chi connectivity index (χ4n) is 2.11. The molecule has 134 valence electrons. The molecule has 6 nitrogen and oxygen atoms in total. The van der Waals surface area contributed by atoms with Crippen molar-refractivity contribution in [3.8, 4) is 23.0 Å². The molecule has 0 bridgehead atoms. The van der Waals surface area contributed by atoms with Gasteiger partial charge in [0.15, 0.2) is 0 Å². The van der Waals surface area contributed by atoms with Crippen LogP contribution in [0.1, 0.15) is 10.4 Å². The summed E-state index contributed by atoms with van der Waals surface area (Å²) in [5.74, 6) is 2.29. The predicted molar refractivity (Wildman–Crippen MR) is 98.1 cm³/mol. The number of hydrogen-bond donors (Lipinski definition) is 1. The Kier molecular flexibility index (Phi) is 6.94. The van der Waals surface area contributed by atoms with Crippen molar-refractivity contribution in [2.45, 2.75) is 0 Å². The zero-order valence-electron chi connectivity index (χ0n) is 14.3. The van der Waals surface area contributed by atoms with E-state index in [0.717, 1.165) is 5.75 Å². The van der Waals surface area contributed by atoms with Crippen LogP contribution < -0.4 is 24.3 Å². The molecule has 0 spiro atoms. The van der Waals surface area contributed by atoms with Crippen molar-refractivity contribution in [3.05, 3.63) is 46.4 Å². The van der Waals surface area contributed by atoms with E-state index in [-0.39, 0.29) is 5.91 Å². The van der Waals surface area contributed by atoms with Crippen molar-refractivity contribution in [1.82, 2.24) is 5.32 Å². The van der Waals surface area contributed by atoms with E-state index >= 15 is 0 Å². The van der Waals surface area contributed by atoms with Crippen LogP contribution in [0, 0.1) is 0 Å². The third-order valence-corrected chi connectivity index (χ3v) is 4.21. The number of methoxy groups -OCH3 is 3. The third-order valence-electron chi connectivity index (χ3n) is 3.42. The largest absolute Gasteiger partial charge is 0.497 e. The molecule has 2 aromatic rings. The van der Waals surface area contributed by atoms with Crippen molar-refractivity contribution in [2.24, 2.45) is 0 Å². The highest BCUT2D eigenvalue weighted by atomic mass is 79.9. The minimum absolute atomic E-state index is 0.234. The van der Waals surface area contributed by atoms with Gasteiger partial charge in [0.2, 0.25) is 0 Å². The standard InChI is InChI=1S/C18H20BrNO5/c1-22-13-4-6-14(7-5-13)25-9-8-20-18(21)12-10-15(23-2)17(19)16(11-12)24-3/h4-7,10-11H,8-9H2,1-3H3,(H,20,21). The first kappa shape index (κ1) is 18.9. The smallest absolute Gasteiger partial charge is 0.251 e. The molecule has 0 saturated heterocycles. The van der Waals surface area contributed by atoms with Crippen molar-refractivity contribution < 1.29 is 23.7 Å². The van der Waals surface area contributed by atoms with Crippen LogP contribution in [0.5, 0.6) is 23.0 Å². The topological polar surface area (TPSA) is 66.0 Å². The van der Waals surface area contributed by atoms with Gasteiger partial charge in [0.1, 0.15) is 34.1 Å². The molecule has 0 heterocycles. The van der Waals surface area contributed by atoms with Gasteiger partial charge in [-0.15, -0.1) is 0 Å². The lowest BCUT2D eigenvalue weighted by atomic mass is 10.2. The van der Waals surface area contributed by atoms with Gasteiger partial charge in [0.05, 0.1) is 27.9 Å². The van der Waals surface area contributed by atoms with Gasteiger partial charge in [-0.1, -0.05) is 0 Å². The average Bonchev–Trinajstić information content (AvgIpc) is 2.65. The molecule has 0 aliphatic rings. The highest BCUT2D eigenvalue weighted by Gasteiger charge is 2.14. The quantitative estimate of drug-likeness (QED) is 0.677. The maximum Gasteiger partial charge on any atom is 0.251 e. The third kappa shape index (κ3) is 5.03. The van der Waals surface area contributed by atoms with Crippen LogP contribution in [0.15, 0.2) is 40.9 Å². The van der Waals surface area contributed by atoms with E-state index in [1.54, 1.807) is 19.2 Å². The van der Waals surface area contributed by atoms with E-state index in [0.29, 0.717) is 40.4 Å². The zero-order chi connectivity index (χ0) is 18.2. The molecular weight excluding hydrogens is 390 g/mol. The Bertz CT molecular complexity index is 693. The highest BCUT2D eigenvalue weighted by Crippen LogP contribution is 2.35. The zero-order valence-corrected chi connectivity index (χ0v) is 15.9. The molecule has 0 saturated carbocycles. The minimum Gasteiger partial charge on any atom is -0.497 e. The Labute approximate surface area is 155 Å². The second-order valence-electron chi connectivity index (χ2n) is 4.97. The van der Waals surface area contributed by atoms with Gasteiger partial charge in [-0.2, -0.15) is 0 Å². The molecule has 0 aliphatic carbocycles. The SMILES string of the molecule is COc1ccc(OCCNC(=O)c2cc(OC)c(Br)c(OC)c2)cc1. The van der Waals surface area contributed by atoms with E-state index in [9.17, 15) is 4.79 Å². The van der Waals surface area contributed by atoms with Crippen molar-refractivity contribution >= 4 is 21.8 Å². The molecule has 0 aromatic heterocycles. The van der Waals surface area contributed by atoms with Crippen LogP contribution in [0.25, 0.3) is 0 Å². The van der Waals surface area contributed by atoms with Crippen LogP contribution in [0.4, 0.5) is 0 Å². The fourth-order valence-corrected chi connectivity index (χ4v) is 2.66. The van der Waals surface area contributed by atoms with Crippen LogP contribution in [-0.4, -0.2) is 40.4 Å². The summed E-state index contributed by atoms with van der Waals surface area (Å²) >= 11 is 3.37. The lowest BCUT2D eigenvalue weighted by Crippen LogP contribution is -2.28.